The Hall–Kier alpha value is -3.18. The van der Waals surface area contributed by atoms with E-state index in [0.29, 0.717) is 125 Å². The number of ketones is 1. The zero-order valence-electron chi connectivity index (χ0n) is 38.9. The molecule has 2 aliphatic carbocycles. The molecular formula is C46H79N5O14. The van der Waals surface area contributed by atoms with E-state index in [0.717, 1.165) is 44.1 Å². The molecular weight excluding hydrogens is 847 g/mol. The van der Waals surface area contributed by atoms with Crippen LogP contribution >= 0.6 is 0 Å². The van der Waals surface area contributed by atoms with Crippen LogP contribution in [0.1, 0.15) is 63.9 Å². The number of carbonyl (C=O) groups excluding carboxylic acids is 4. The van der Waals surface area contributed by atoms with Crippen molar-refractivity contribution in [2.75, 3.05) is 152 Å². The molecule has 0 saturated heterocycles. The van der Waals surface area contributed by atoms with Crippen LogP contribution in [0.5, 0.6) is 0 Å². The Labute approximate surface area is 386 Å². The minimum atomic E-state index is -0.467. The lowest BCUT2D eigenvalue weighted by molar-refractivity contribution is -0.126. The first-order valence-corrected chi connectivity index (χ1v) is 23.5. The monoisotopic (exact) mass is 926 g/mol. The minimum absolute atomic E-state index is 0.0200. The van der Waals surface area contributed by atoms with E-state index in [-0.39, 0.29) is 74.5 Å². The van der Waals surface area contributed by atoms with Crippen molar-refractivity contribution in [3.05, 3.63) is 35.9 Å². The van der Waals surface area contributed by atoms with Crippen molar-refractivity contribution >= 4 is 23.5 Å². The number of ether oxygens (including phenoxy) is 10. The molecule has 0 aliphatic heterocycles. The number of carbonyl (C=O) groups is 4. The number of hydrogen-bond donors (Lipinski definition) is 5. The van der Waals surface area contributed by atoms with Crippen LogP contribution in [0.2, 0.25) is 0 Å². The molecule has 65 heavy (non-hydrogen) atoms. The van der Waals surface area contributed by atoms with E-state index >= 15 is 0 Å². The van der Waals surface area contributed by atoms with Gasteiger partial charge in [0, 0.05) is 31.8 Å². The average Bonchev–Trinajstić information content (AvgIpc) is 4.05. The summed E-state index contributed by atoms with van der Waals surface area (Å²) in [5, 5.41) is 14.7. The number of rotatable bonds is 44. The fraction of sp³-hybridized carbons (Fsp3) is 0.783. The molecule has 2 aliphatic rings. The summed E-state index contributed by atoms with van der Waals surface area (Å²) in [5.41, 5.74) is 0.886. The lowest BCUT2D eigenvalue weighted by Gasteiger charge is -2.21. The van der Waals surface area contributed by atoms with Crippen LogP contribution in [0, 0.1) is 5.92 Å². The lowest BCUT2D eigenvalue weighted by atomic mass is 9.89. The zero-order chi connectivity index (χ0) is 46.3. The summed E-state index contributed by atoms with van der Waals surface area (Å²) in [6.45, 7) is 10.6. The van der Waals surface area contributed by atoms with Crippen LogP contribution in [0.4, 0.5) is 0 Å². The number of nitrogens with one attached hydrogen (secondary N) is 5. The van der Waals surface area contributed by atoms with Crippen molar-refractivity contribution in [2.24, 2.45) is 5.92 Å². The van der Waals surface area contributed by atoms with Crippen LogP contribution < -0.4 is 26.6 Å². The smallest absolute Gasteiger partial charge is 0.235 e. The number of benzene rings is 1. The first kappa shape index (κ1) is 56.1. The van der Waals surface area contributed by atoms with Gasteiger partial charge in [-0.05, 0) is 38.2 Å². The van der Waals surface area contributed by atoms with E-state index in [2.05, 4.69) is 26.6 Å². The Morgan fingerprint density at radius 2 is 1.11 bits per heavy atom. The molecule has 5 N–H and O–H groups in total. The molecule has 2 fully saturated rings. The maximum atomic E-state index is 12.7. The van der Waals surface area contributed by atoms with Crippen molar-refractivity contribution in [3.63, 3.8) is 0 Å². The van der Waals surface area contributed by atoms with Gasteiger partial charge < -0.3 is 68.6 Å². The second-order valence-electron chi connectivity index (χ2n) is 16.1. The highest BCUT2D eigenvalue weighted by molar-refractivity contribution is 5.81. The number of Topliss-reactive ketones (excluding diaryl/α,β-unsaturated/α-hetero) is 1. The average molecular weight is 926 g/mol. The van der Waals surface area contributed by atoms with Gasteiger partial charge in [-0.25, -0.2) is 0 Å². The molecule has 0 aromatic heterocycles. The van der Waals surface area contributed by atoms with E-state index in [1.807, 2.05) is 37.3 Å². The van der Waals surface area contributed by atoms with Gasteiger partial charge in [0.2, 0.25) is 17.7 Å². The summed E-state index contributed by atoms with van der Waals surface area (Å²) in [4.78, 5) is 49.3. The van der Waals surface area contributed by atoms with Crippen molar-refractivity contribution in [3.8, 4) is 0 Å². The normalized spacial score (nSPS) is 15.1. The first-order valence-electron chi connectivity index (χ1n) is 23.5. The van der Waals surface area contributed by atoms with Crippen molar-refractivity contribution in [1.82, 2.24) is 26.6 Å². The highest BCUT2D eigenvalue weighted by Gasteiger charge is 2.38. The molecule has 19 nitrogen and oxygen atoms in total. The Morgan fingerprint density at radius 3 is 1.63 bits per heavy atom. The van der Waals surface area contributed by atoms with Gasteiger partial charge in [-0.2, -0.15) is 0 Å². The van der Waals surface area contributed by atoms with E-state index in [4.69, 9.17) is 47.4 Å². The third-order valence-corrected chi connectivity index (χ3v) is 10.4. The van der Waals surface area contributed by atoms with Crippen molar-refractivity contribution in [2.45, 2.75) is 76.5 Å². The lowest BCUT2D eigenvalue weighted by Crippen LogP contribution is -2.52. The number of hydrogen-bond acceptors (Lipinski definition) is 16. The summed E-state index contributed by atoms with van der Waals surface area (Å²) >= 11 is 0. The molecule has 0 unspecified atom stereocenters. The van der Waals surface area contributed by atoms with Crippen LogP contribution in [0.15, 0.2) is 30.3 Å². The topological polar surface area (TPSA) is 221 Å². The molecule has 0 spiro atoms. The predicted molar refractivity (Wildman–Crippen MR) is 241 cm³/mol. The fourth-order valence-corrected chi connectivity index (χ4v) is 6.36. The molecule has 0 heterocycles. The van der Waals surface area contributed by atoms with Gasteiger partial charge in [-0.3, -0.25) is 24.5 Å². The summed E-state index contributed by atoms with van der Waals surface area (Å²) in [7, 11) is 0. The third-order valence-electron chi connectivity index (χ3n) is 10.4. The molecule has 3 rings (SSSR count). The van der Waals surface area contributed by atoms with Gasteiger partial charge >= 0.3 is 0 Å². The summed E-state index contributed by atoms with van der Waals surface area (Å²) in [6, 6.07) is 9.68. The van der Waals surface area contributed by atoms with E-state index in [1.54, 1.807) is 0 Å². The molecule has 372 valence electrons. The first-order chi connectivity index (χ1) is 31.8. The maximum Gasteiger partial charge on any atom is 0.235 e. The second kappa shape index (κ2) is 37.9. The Kier molecular flexibility index (Phi) is 32.7. The molecule has 2 saturated carbocycles. The zero-order valence-corrected chi connectivity index (χ0v) is 38.9. The molecule has 1 aromatic carbocycles. The predicted octanol–water partition coefficient (Wildman–Crippen LogP) is 1.30. The van der Waals surface area contributed by atoms with Gasteiger partial charge in [0.1, 0.15) is 13.3 Å². The van der Waals surface area contributed by atoms with Crippen LogP contribution in [0.25, 0.3) is 0 Å². The third kappa shape index (κ3) is 32.2. The van der Waals surface area contributed by atoms with Gasteiger partial charge in [0.05, 0.1) is 137 Å². The molecule has 19 heteroatoms. The number of amides is 3. The highest BCUT2D eigenvalue weighted by atomic mass is 16.6. The highest BCUT2D eigenvalue weighted by Crippen LogP contribution is 2.38. The van der Waals surface area contributed by atoms with Gasteiger partial charge in [0.15, 0.2) is 5.78 Å². The molecule has 1 aromatic rings. The van der Waals surface area contributed by atoms with Crippen molar-refractivity contribution in [1.29, 1.82) is 0 Å². The summed E-state index contributed by atoms with van der Waals surface area (Å²) < 4.78 is 55.1. The van der Waals surface area contributed by atoms with E-state index in [9.17, 15) is 19.2 Å². The van der Waals surface area contributed by atoms with Crippen LogP contribution in [-0.4, -0.2) is 187 Å². The Balaban J connectivity index is 0.984. The van der Waals surface area contributed by atoms with E-state index < -0.39 is 6.17 Å². The standard InChI is InChI=1S/C46H79N5O14/c1-46(13-14-46)65-38-50-43(53)36-49-42(34-39-8-4-2-5-9-39)51-44(54)35-47-15-12-41(52)37-64-33-32-63-31-30-62-29-28-61-27-26-60-25-24-59-23-22-58-21-20-57-19-18-56-17-16-48-45(55)40-10-6-3-7-11-40/h2,4-5,8-9,40,42,47,49H,3,6-7,10-38H2,1H3,(H,48,55)(H,50,53)(H,51,54)/t42-/m0/s1. The maximum absolute atomic E-state index is 12.7. The molecule has 3 amide bonds. The van der Waals surface area contributed by atoms with Crippen LogP contribution in [0.3, 0.4) is 0 Å². The largest absolute Gasteiger partial charge is 0.377 e. The summed E-state index contributed by atoms with van der Waals surface area (Å²) in [6.07, 6.45) is 7.78. The van der Waals surface area contributed by atoms with Gasteiger partial charge in [-0.1, -0.05) is 49.6 Å². The Bertz CT molecular complexity index is 1370. The molecule has 0 bridgehead atoms. The minimum Gasteiger partial charge on any atom is -0.377 e. The molecule has 0 radical (unpaired) electrons. The van der Waals surface area contributed by atoms with Gasteiger partial charge in [0.25, 0.3) is 0 Å². The molecule has 1 atom stereocenters. The second-order valence-corrected chi connectivity index (χ2v) is 16.1. The van der Waals surface area contributed by atoms with Crippen LogP contribution in [-0.2, 0) is 73.0 Å². The van der Waals surface area contributed by atoms with Crippen molar-refractivity contribution < 1.29 is 66.5 Å². The fourth-order valence-electron chi connectivity index (χ4n) is 6.36. The SMILES string of the molecule is CC1(OCNC(=O)CN[C@H](Cc2ccccc2)NC(=O)CNCCC(=O)COCCOCCOCCOCCOCCOCCOCCOCCOCCNC(=O)C2CCCCC2)CC1. The van der Waals surface area contributed by atoms with E-state index in [1.165, 1.54) is 6.42 Å². The summed E-state index contributed by atoms with van der Waals surface area (Å²) in [5.74, 6) is -0.234. The Morgan fingerprint density at radius 1 is 0.600 bits per heavy atom. The quantitative estimate of drug-likeness (QED) is 0.0460. The van der Waals surface area contributed by atoms with Gasteiger partial charge in [-0.15, -0.1) is 0 Å².